The van der Waals surface area contributed by atoms with Gasteiger partial charge >= 0.3 is 0 Å². The lowest BCUT2D eigenvalue weighted by molar-refractivity contribution is 0.413. The van der Waals surface area contributed by atoms with Gasteiger partial charge in [-0.05, 0) is 35.9 Å². The van der Waals surface area contributed by atoms with Crippen LogP contribution in [0.4, 0.5) is 11.5 Å². The van der Waals surface area contributed by atoms with Crippen molar-refractivity contribution in [1.82, 2.24) is 9.97 Å². The van der Waals surface area contributed by atoms with E-state index in [9.17, 15) is 0 Å². The van der Waals surface area contributed by atoms with E-state index < -0.39 is 0 Å². The zero-order chi connectivity index (χ0) is 17.2. The number of rotatable bonds is 3. The number of para-hydroxylation sites is 3. The van der Waals surface area contributed by atoms with Gasteiger partial charge in [0.2, 0.25) is 5.28 Å². The number of methoxy groups -OCH3 is 1. The summed E-state index contributed by atoms with van der Waals surface area (Å²) < 4.78 is 5.49. The molecule has 5 nitrogen and oxygen atoms in total. The van der Waals surface area contributed by atoms with Crippen molar-refractivity contribution in [2.24, 2.45) is 0 Å². The molecule has 1 aromatic heterocycles. The molecule has 0 unspecified atom stereocenters. The van der Waals surface area contributed by atoms with Crippen LogP contribution in [0.1, 0.15) is 0 Å². The van der Waals surface area contributed by atoms with Gasteiger partial charge in [-0.2, -0.15) is 4.98 Å². The molecule has 4 rings (SSSR count). The highest BCUT2D eigenvalue weighted by molar-refractivity contribution is 6.28. The zero-order valence-electron chi connectivity index (χ0n) is 14.0. The SMILES string of the molecule is COc1ccccc1N1CCN(c2nc(Cl)nc3ccccc23)CC1. The minimum Gasteiger partial charge on any atom is -0.495 e. The number of anilines is 2. The molecular formula is C19H19ClN4O. The normalized spacial score (nSPS) is 14.8. The van der Waals surface area contributed by atoms with Crippen LogP contribution >= 0.6 is 11.6 Å². The number of hydrogen-bond acceptors (Lipinski definition) is 5. The van der Waals surface area contributed by atoms with E-state index in [1.165, 1.54) is 0 Å². The maximum atomic E-state index is 6.13. The predicted octanol–water partition coefficient (Wildman–Crippen LogP) is 3.62. The summed E-state index contributed by atoms with van der Waals surface area (Å²) in [6, 6.07) is 16.1. The summed E-state index contributed by atoms with van der Waals surface area (Å²) in [5, 5.41) is 1.33. The Kier molecular flexibility index (Phi) is 4.32. The lowest BCUT2D eigenvalue weighted by Gasteiger charge is -2.37. The van der Waals surface area contributed by atoms with Gasteiger partial charge in [0.1, 0.15) is 11.6 Å². The van der Waals surface area contributed by atoms with Crippen LogP contribution in [0.25, 0.3) is 10.9 Å². The molecule has 1 fully saturated rings. The molecule has 128 valence electrons. The summed E-state index contributed by atoms with van der Waals surface area (Å²) in [4.78, 5) is 13.4. The molecule has 2 aromatic carbocycles. The highest BCUT2D eigenvalue weighted by atomic mass is 35.5. The van der Waals surface area contributed by atoms with Gasteiger partial charge in [0.15, 0.2) is 0 Å². The van der Waals surface area contributed by atoms with Crippen molar-refractivity contribution in [3.05, 3.63) is 53.8 Å². The van der Waals surface area contributed by atoms with Crippen molar-refractivity contribution < 1.29 is 4.74 Å². The second kappa shape index (κ2) is 6.76. The molecule has 0 radical (unpaired) electrons. The number of fused-ring (bicyclic) bond motifs is 1. The van der Waals surface area contributed by atoms with Crippen molar-refractivity contribution in [1.29, 1.82) is 0 Å². The second-order valence-electron chi connectivity index (χ2n) is 5.98. The summed E-state index contributed by atoms with van der Waals surface area (Å²) in [6.07, 6.45) is 0. The summed E-state index contributed by atoms with van der Waals surface area (Å²) in [7, 11) is 1.71. The minimum absolute atomic E-state index is 0.292. The average molecular weight is 355 g/mol. The third kappa shape index (κ3) is 3.07. The summed E-state index contributed by atoms with van der Waals surface area (Å²) in [5.41, 5.74) is 2.01. The average Bonchev–Trinajstić information content (AvgIpc) is 2.67. The van der Waals surface area contributed by atoms with Crippen LogP contribution < -0.4 is 14.5 Å². The van der Waals surface area contributed by atoms with Gasteiger partial charge in [0.25, 0.3) is 0 Å². The number of nitrogens with zero attached hydrogens (tertiary/aromatic N) is 4. The second-order valence-corrected chi connectivity index (χ2v) is 6.32. The third-order valence-electron chi connectivity index (χ3n) is 4.56. The van der Waals surface area contributed by atoms with Crippen LogP contribution in [0.15, 0.2) is 48.5 Å². The van der Waals surface area contributed by atoms with E-state index in [1.807, 2.05) is 42.5 Å². The number of ether oxygens (including phenoxy) is 1. The molecule has 2 heterocycles. The fraction of sp³-hybridized carbons (Fsp3) is 0.263. The Morgan fingerprint density at radius 1 is 0.880 bits per heavy atom. The lowest BCUT2D eigenvalue weighted by Crippen LogP contribution is -2.47. The molecule has 1 aliphatic heterocycles. The first-order chi connectivity index (χ1) is 12.3. The Labute approximate surface area is 151 Å². The molecule has 3 aromatic rings. The largest absolute Gasteiger partial charge is 0.495 e. The van der Waals surface area contributed by atoms with Gasteiger partial charge in [-0.1, -0.05) is 24.3 Å². The molecule has 0 saturated carbocycles. The van der Waals surface area contributed by atoms with Crippen molar-refractivity contribution in [2.45, 2.75) is 0 Å². The van der Waals surface area contributed by atoms with Crippen molar-refractivity contribution in [2.75, 3.05) is 43.1 Å². The van der Waals surface area contributed by atoms with E-state index in [2.05, 4.69) is 25.8 Å². The van der Waals surface area contributed by atoms with Crippen LogP contribution in [0, 0.1) is 0 Å². The van der Waals surface area contributed by atoms with Gasteiger partial charge in [-0.15, -0.1) is 0 Å². The van der Waals surface area contributed by atoms with E-state index in [1.54, 1.807) is 7.11 Å². The molecule has 0 atom stereocenters. The van der Waals surface area contributed by atoms with Gasteiger partial charge in [0, 0.05) is 31.6 Å². The molecule has 1 aliphatic rings. The zero-order valence-corrected chi connectivity index (χ0v) is 14.8. The Balaban J connectivity index is 1.58. The number of piperazine rings is 1. The van der Waals surface area contributed by atoms with Crippen LogP contribution in [-0.2, 0) is 0 Å². The summed E-state index contributed by atoms with van der Waals surface area (Å²) in [5.74, 6) is 1.82. The van der Waals surface area contributed by atoms with Crippen LogP contribution in [0.3, 0.4) is 0 Å². The molecular weight excluding hydrogens is 336 g/mol. The standard InChI is InChI=1S/C19H19ClN4O/c1-25-17-9-5-4-8-16(17)23-10-12-24(13-11-23)18-14-6-2-3-7-15(14)21-19(20)22-18/h2-9H,10-13H2,1H3. The molecule has 25 heavy (non-hydrogen) atoms. The van der Waals surface area contributed by atoms with E-state index >= 15 is 0 Å². The Morgan fingerprint density at radius 2 is 1.56 bits per heavy atom. The predicted molar refractivity (Wildman–Crippen MR) is 102 cm³/mol. The highest BCUT2D eigenvalue weighted by Crippen LogP contribution is 2.30. The van der Waals surface area contributed by atoms with Gasteiger partial charge < -0.3 is 14.5 Å². The molecule has 0 aliphatic carbocycles. The van der Waals surface area contributed by atoms with Crippen LogP contribution in [0.2, 0.25) is 5.28 Å². The van der Waals surface area contributed by atoms with Crippen LogP contribution in [-0.4, -0.2) is 43.3 Å². The lowest BCUT2D eigenvalue weighted by atomic mass is 10.2. The molecule has 6 heteroatoms. The number of halogens is 1. The van der Waals surface area contributed by atoms with E-state index in [-0.39, 0.29) is 0 Å². The van der Waals surface area contributed by atoms with E-state index in [0.717, 1.165) is 54.3 Å². The topological polar surface area (TPSA) is 41.5 Å². The van der Waals surface area contributed by atoms with Crippen molar-refractivity contribution in [3.63, 3.8) is 0 Å². The smallest absolute Gasteiger partial charge is 0.224 e. The first-order valence-corrected chi connectivity index (χ1v) is 8.69. The molecule has 0 amide bonds. The summed E-state index contributed by atoms with van der Waals surface area (Å²) >= 11 is 6.13. The molecule has 0 N–H and O–H groups in total. The molecule has 1 saturated heterocycles. The monoisotopic (exact) mass is 354 g/mol. The summed E-state index contributed by atoms with van der Waals surface area (Å²) in [6.45, 7) is 3.54. The number of hydrogen-bond donors (Lipinski definition) is 0. The van der Waals surface area contributed by atoms with Gasteiger partial charge in [-0.3, -0.25) is 0 Å². The quantitative estimate of drug-likeness (QED) is 0.672. The van der Waals surface area contributed by atoms with Gasteiger partial charge in [0.05, 0.1) is 18.3 Å². The fourth-order valence-corrected chi connectivity index (χ4v) is 3.49. The van der Waals surface area contributed by atoms with Crippen molar-refractivity contribution in [3.8, 4) is 5.75 Å². The van der Waals surface area contributed by atoms with E-state index in [0.29, 0.717) is 5.28 Å². The molecule has 0 spiro atoms. The van der Waals surface area contributed by atoms with Crippen molar-refractivity contribution >= 4 is 34.0 Å². The minimum atomic E-state index is 0.292. The fourth-order valence-electron chi connectivity index (χ4n) is 3.32. The number of aromatic nitrogens is 2. The highest BCUT2D eigenvalue weighted by Gasteiger charge is 2.22. The Hall–Kier alpha value is -2.53. The third-order valence-corrected chi connectivity index (χ3v) is 4.73. The van der Waals surface area contributed by atoms with Gasteiger partial charge in [-0.25, -0.2) is 4.98 Å². The molecule has 0 bridgehead atoms. The van der Waals surface area contributed by atoms with E-state index in [4.69, 9.17) is 16.3 Å². The maximum Gasteiger partial charge on any atom is 0.224 e. The first kappa shape index (κ1) is 16.0. The maximum absolute atomic E-state index is 6.13. The number of benzene rings is 2. The Morgan fingerprint density at radius 3 is 2.36 bits per heavy atom. The Bertz CT molecular complexity index is 893. The van der Waals surface area contributed by atoms with Crippen LogP contribution in [0.5, 0.6) is 5.75 Å². The first-order valence-electron chi connectivity index (χ1n) is 8.31.